The van der Waals surface area contributed by atoms with Crippen molar-refractivity contribution in [2.45, 2.75) is 6.61 Å². The molecule has 1 amide bonds. The molecule has 124 valence electrons. The van der Waals surface area contributed by atoms with Crippen molar-refractivity contribution in [1.29, 1.82) is 5.26 Å². The number of nitrogens with zero attached hydrogens (tertiary/aromatic N) is 1. The monoisotopic (exact) mass is 336 g/mol. The van der Waals surface area contributed by atoms with Gasteiger partial charge in [-0.3, -0.25) is 4.79 Å². The minimum absolute atomic E-state index is 0.114. The molecule has 1 aromatic heterocycles. The van der Waals surface area contributed by atoms with Gasteiger partial charge in [-0.1, -0.05) is 6.07 Å². The number of amides is 1. The molecule has 0 fully saturated rings. The van der Waals surface area contributed by atoms with Crippen LogP contribution in [0.5, 0.6) is 5.75 Å². The zero-order valence-corrected chi connectivity index (χ0v) is 13.0. The van der Waals surface area contributed by atoms with E-state index >= 15 is 0 Å². The van der Waals surface area contributed by atoms with Crippen LogP contribution in [0.2, 0.25) is 0 Å². The maximum atomic E-state index is 12.8. The Hall–Kier alpha value is -3.59. The van der Waals surface area contributed by atoms with Crippen LogP contribution in [0.3, 0.4) is 0 Å². The molecule has 0 bridgehead atoms. The first kappa shape index (κ1) is 16.3. The molecule has 0 saturated carbocycles. The summed E-state index contributed by atoms with van der Waals surface area (Å²) in [5.41, 5.74) is 0.954. The summed E-state index contributed by atoms with van der Waals surface area (Å²) in [6.07, 6.45) is 0. The third kappa shape index (κ3) is 4.24. The van der Waals surface area contributed by atoms with Gasteiger partial charge in [0.1, 0.15) is 23.9 Å². The lowest BCUT2D eigenvalue weighted by Crippen LogP contribution is -2.10. The lowest BCUT2D eigenvalue weighted by molar-refractivity contribution is 0.0992. The Labute approximate surface area is 143 Å². The molecule has 25 heavy (non-hydrogen) atoms. The molecule has 3 rings (SSSR count). The largest absolute Gasteiger partial charge is 0.486 e. The summed E-state index contributed by atoms with van der Waals surface area (Å²) in [7, 11) is 0. The van der Waals surface area contributed by atoms with Crippen LogP contribution in [0.25, 0.3) is 0 Å². The van der Waals surface area contributed by atoms with Gasteiger partial charge >= 0.3 is 0 Å². The highest BCUT2D eigenvalue weighted by atomic mass is 19.1. The van der Waals surface area contributed by atoms with E-state index in [1.165, 1.54) is 30.3 Å². The lowest BCUT2D eigenvalue weighted by atomic mass is 10.2. The molecule has 0 radical (unpaired) electrons. The quantitative estimate of drug-likeness (QED) is 0.760. The standard InChI is InChI=1S/C19H13FN2O3/c20-14-4-6-16(7-5-14)24-12-17-8-9-18(25-17)19(23)22-15-3-1-2-13(10-15)11-21/h1-10H,12H2,(H,22,23). The van der Waals surface area contributed by atoms with Gasteiger partial charge in [0.05, 0.1) is 11.6 Å². The number of benzene rings is 2. The van der Waals surface area contributed by atoms with Gasteiger partial charge < -0.3 is 14.5 Å². The maximum Gasteiger partial charge on any atom is 0.291 e. The second-order valence-electron chi connectivity index (χ2n) is 5.16. The van der Waals surface area contributed by atoms with Crippen LogP contribution in [0, 0.1) is 17.1 Å². The van der Waals surface area contributed by atoms with Gasteiger partial charge in [0.25, 0.3) is 5.91 Å². The topological polar surface area (TPSA) is 75.3 Å². The van der Waals surface area contributed by atoms with E-state index in [4.69, 9.17) is 14.4 Å². The normalized spacial score (nSPS) is 10.1. The smallest absolute Gasteiger partial charge is 0.291 e. The number of hydrogen-bond acceptors (Lipinski definition) is 4. The molecule has 2 aromatic carbocycles. The van der Waals surface area contributed by atoms with Gasteiger partial charge in [-0.25, -0.2) is 4.39 Å². The fraction of sp³-hybridized carbons (Fsp3) is 0.0526. The summed E-state index contributed by atoms with van der Waals surface area (Å²) in [5.74, 6) is 0.310. The molecule has 5 nitrogen and oxygen atoms in total. The third-order valence-electron chi connectivity index (χ3n) is 3.33. The molecule has 0 saturated heterocycles. The molecule has 1 N–H and O–H groups in total. The SMILES string of the molecule is N#Cc1cccc(NC(=O)c2ccc(COc3ccc(F)cc3)o2)c1. The van der Waals surface area contributed by atoms with Crippen molar-refractivity contribution < 1.29 is 18.3 Å². The van der Waals surface area contributed by atoms with Crippen LogP contribution in [0.4, 0.5) is 10.1 Å². The number of nitrogens with one attached hydrogen (secondary N) is 1. The molecule has 0 spiro atoms. The number of anilines is 1. The highest BCUT2D eigenvalue weighted by Crippen LogP contribution is 2.16. The van der Waals surface area contributed by atoms with E-state index in [1.807, 2.05) is 6.07 Å². The Morgan fingerprint density at radius 3 is 2.72 bits per heavy atom. The van der Waals surface area contributed by atoms with E-state index in [9.17, 15) is 9.18 Å². The summed E-state index contributed by atoms with van der Waals surface area (Å²) >= 11 is 0. The number of hydrogen-bond donors (Lipinski definition) is 1. The van der Waals surface area contributed by atoms with E-state index in [1.54, 1.807) is 30.3 Å². The number of carbonyl (C=O) groups is 1. The van der Waals surface area contributed by atoms with Crippen molar-refractivity contribution in [2.75, 3.05) is 5.32 Å². The van der Waals surface area contributed by atoms with Gasteiger partial charge in [0.15, 0.2) is 5.76 Å². The van der Waals surface area contributed by atoms with E-state index in [0.717, 1.165) is 0 Å². The van der Waals surface area contributed by atoms with Crippen molar-refractivity contribution in [3.05, 3.63) is 83.6 Å². The molecule has 0 aliphatic heterocycles. The minimum atomic E-state index is -0.428. The fourth-order valence-corrected chi connectivity index (χ4v) is 2.12. The zero-order chi connectivity index (χ0) is 17.6. The summed E-state index contributed by atoms with van der Waals surface area (Å²) in [6, 6.07) is 17.4. The molecule has 1 heterocycles. The van der Waals surface area contributed by atoms with Crippen molar-refractivity contribution in [3.63, 3.8) is 0 Å². The number of furan rings is 1. The molecule has 0 unspecified atom stereocenters. The first-order chi connectivity index (χ1) is 12.1. The molecule has 6 heteroatoms. The van der Waals surface area contributed by atoms with Gasteiger partial charge in [-0.2, -0.15) is 5.26 Å². The molecular formula is C19H13FN2O3. The summed E-state index contributed by atoms with van der Waals surface area (Å²) in [4.78, 5) is 12.2. The second-order valence-corrected chi connectivity index (χ2v) is 5.16. The number of nitriles is 1. The highest BCUT2D eigenvalue weighted by molar-refractivity contribution is 6.02. The Kier molecular flexibility index (Phi) is 4.77. The summed E-state index contributed by atoms with van der Waals surface area (Å²) < 4.78 is 23.7. The van der Waals surface area contributed by atoms with E-state index in [0.29, 0.717) is 22.8 Å². The number of ether oxygens (including phenoxy) is 1. The fourth-order valence-electron chi connectivity index (χ4n) is 2.12. The lowest BCUT2D eigenvalue weighted by Gasteiger charge is -2.04. The van der Waals surface area contributed by atoms with Crippen molar-refractivity contribution in [2.24, 2.45) is 0 Å². The average Bonchev–Trinajstić information content (AvgIpc) is 3.10. The highest BCUT2D eigenvalue weighted by Gasteiger charge is 2.12. The van der Waals surface area contributed by atoms with Crippen LogP contribution < -0.4 is 10.1 Å². The number of halogens is 1. The molecular weight excluding hydrogens is 323 g/mol. The first-order valence-corrected chi connectivity index (χ1v) is 7.42. The van der Waals surface area contributed by atoms with Gasteiger partial charge in [-0.05, 0) is 54.6 Å². The predicted molar refractivity (Wildman–Crippen MR) is 88.6 cm³/mol. The van der Waals surface area contributed by atoms with Crippen LogP contribution in [0.1, 0.15) is 21.9 Å². The van der Waals surface area contributed by atoms with Gasteiger partial charge in [0, 0.05) is 5.69 Å². The Bertz CT molecular complexity index is 926. The molecule has 0 aliphatic carbocycles. The van der Waals surface area contributed by atoms with Crippen LogP contribution in [-0.2, 0) is 6.61 Å². The average molecular weight is 336 g/mol. The molecule has 0 aliphatic rings. The van der Waals surface area contributed by atoms with Crippen molar-refractivity contribution >= 4 is 11.6 Å². The summed E-state index contributed by atoms with van der Waals surface area (Å²) in [6.45, 7) is 0.114. The van der Waals surface area contributed by atoms with Crippen LogP contribution >= 0.6 is 0 Å². The third-order valence-corrected chi connectivity index (χ3v) is 3.33. The second kappa shape index (κ2) is 7.32. The Morgan fingerprint density at radius 1 is 1.16 bits per heavy atom. The van der Waals surface area contributed by atoms with Crippen LogP contribution in [-0.4, -0.2) is 5.91 Å². The summed E-state index contributed by atoms with van der Waals surface area (Å²) in [5, 5.41) is 11.5. The number of carbonyl (C=O) groups excluding carboxylic acids is 1. The van der Waals surface area contributed by atoms with E-state index in [2.05, 4.69) is 5.32 Å². The Balaban J connectivity index is 1.61. The predicted octanol–water partition coefficient (Wildman–Crippen LogP) is 4.12. The van der Waals surface area contributed by atoms with Gasteiger partial charge in [-0.15, -0.1) is 0 Å². The van der Waals surface area contributed by atoms with Crippen molar-refractivity contribution in [1.82, 2.24) is 0 Å². The van der Waals surface area contributed by atoms with Crippen LogP contribution in [0.15, 0.2) is 65.1 Å². The molecule has 3 aromatic rings. The number of rotatable bonds is 5. The van der Waals surface area contributed by atoms with E-state index in [-0.39, 0.29) is 18.2 Å². The van der Waals surface area contributed by atoms with Gasteiger partial charge in [0.2, 0.25) is 0 Å². The first-order valence-electron chi connectivity index (χ1n) is 7.42. The maximum absolute atomic E-state index is 12.8. The molecule has 0 atom stereocenters. The minimum Gasteiger partial charge on any atom is -0.486 e. The van der Waals surface area contributed by atoms with E-state index < -0.39 is 5.91 Å². The zero-order valence-electron chi connectivity index (χ0n) is 13.0. The van der Waals surface area contributed by atoms with Crippen molar-refractivity contribution in [3.8, 4) is 11.8 Å². The Morgan fingerprint density at radius 2 is 1.96 bits per heavy atom.